The van der Waals surface area contributed by atoms with Gasteiger partial charge in [-0.3, -0.25) is 4.79 Å². The summed E-state index contributed by atoms with van der Waals surface area (Å²) in [5, 5.41) is 2.88. The van der Waals surface area contributed by atoms with Crippen molar-refractivity contribution in [3.8, 4) is 0 Å². The van der Waals surface area contributed by atoms with Crippen LogP contribution in [0.1, 0.15) is 30.6 Å². The molecule has 1 amide bonds. The van der Waals surface area contributed by atoms with Crippen LogP contribution in [0.4, 0.5) is 4.39 Å². The van der Waals surface area contributed by atoms with E-state index in [9.17, 15) is 9.18 Å². The second kappa shape index (κ2) is 6.95. The van der Waals surface area contributed by atoms with Gasteiger partial charge >= 0.3 is 0 Å². The summed E-state index contributed by atoms with van der Waals surface area (Å²) in [6.45, 7) is 3.95. The summed E-state index contributed by atoms with van der Waals surface area (Å²) in [5.41, 5.74) is -0.112. The summed E-state index contributed by atoms with van der Waals surface area (Å²) in [7, 11) is 0. The lowest BCUT2D eigenvalue weighted by Gasteiger charge is -2.21. The molecular formula is C13H16Cl2FNO. The largest absolute Gasteiger partial charge is 0.349 e. The summed E-state index contributed by atoms with van der Waals surface area (Å²) in [5.74, 6) is -0.456. The Morgan fingerprint density at radius 3 is 2.61 bits per heavy atom. The lowest BCUT2D eigenvalue weighted by Crippen LogP contribution is -2.39. The molecule has 0 aromatic heterocycles. The first-order valence-electron chi connectivity index (χ1n) is 5.78. The standard InChI is InChI=1S/C13H16Cl2FNO/c1-8(2)11(6-7-14)17-13(18)12-9(15)4-3-5-10(12)16/h3-5,8,11H,6-7H2,1-2H3,(H,17,18). The van der Waals surface area contributed by atoms with E-state index in [1.165, 1.54) is 18.2 Å². The van der Waals surface area contributed by atoms with Crippen LogP contribution in [0.25, 0.3) is 0 Å². The smallest absolute Gasteiger partial charge is 0.256 e. The number of rotatable bonds is 5. The minimum Gasteiger partial charge on any atom is -0.349 e. The van der Waals surface area contributed by atoms with Crippen molar-refractivity contribution in [3.05, 3.63) is 34.6 Å². The first-order valence-corrected chi connectivity index (χ1v) is 6.69. The van der Waals surface area contributed by atoms with Gasteiger partial charge in [0.1, 0.15) is 5.82 Å². The lowest BCUT2D eigenvalue weighted by atomic mass is 10.0. The molecule has 0 spiro atoms. The van der Waals surface area contributed by atoms with Gasteiger partial charge in [-0.1, -0.05) is 31.5 Å². The van der Waals surface area contributed by atoms with Crippen LogP contribution in [0.5, 0.6) is 0 Å². The van der Waals surface area contributed by atoms with Crippen molar-refractivity contribution in [1.82, 2.24) is 5.32 Å². The van der Waals surface area contributed by atoms with E-state index in [2.05, 4.69) is 5.32 Å². The van der Waals surface area contributed by atoms with Crippen molar-refractivity contribution in [1.29, 1.82) is 0 Å². The number of carbonyl (C=O) groups excluding carboxylic acids is 1. The van der Waals surface area contributed by atoms with Gasteiger partial charge in [-0.25, -0.2) is 4.39 Å². The average molecular weight is 292 g/mol. The zero-order valence-electron chi connectivity index (χ0n) is 10.3. The van der Waals surface area contributed by atoms with Gasteiger partial charge in [0.05, 0.1) is 10.6 Å². The van der Waals surface area contributed by atoms with E-state index in [1.54, 1.807) is 0 Å². The van der Waals surface area contributed by atoms with Crippen molar-refractivity contribution in [3.63, 3.8) is 0 Å². The molecule has 0 saturated carbocycles. The third kappa shape index (κ3) is 3.85. The fraction of sp³-hybridized carbons (Fsp3) is 0.462. The van der Waals surface area contributed by atoms with Gasteiger partial charge in [-0.05, 0) is 24.5 Å². The third-order valence-electron chi connectivity index (χ3n) is 2.73. The van der Waals surface area contributed by atoms with Crippen LogP contribution in [0.2, 0.25) is 5.02 Å². The van der Waals surface area contributed by atoms with Crippen LogP contribution in [-0.4, -0.2) is 17.8 Å². The number of halogens is 3. The maximum atomic E-state index is 13.6. The molecule has 0 fully saturated rings. The van der Waals surface area contributed by atoms with Gasteiger partial charge in [0.25, 0.3) is 5.91 Å². The number of hydrogen-bond donors (Lipinski definition) is 1. The Balaban J connectivity index is 2.87. The van der Waals surface area contributed by atoms with Gasteiger partial charge in [-0.2, -0.15) is 0 Å². The third-order valence-corrected chi connectivity index (χ3v) is 3.26. The van der Waals surface area contributed by atoms with Crippen LogP contribution in [0.15, 0.2) is 18.2 Å². The molecule has 1 rings (SSSR count). The number of alkyl halides is 1. The van der Waals surface area contributed by atoms with Crippen LogP contribution >= 0.6 is 23.2 Å². The first kappa shape index (κ1) is 15.3. The number of nitrogens with one attached hydrogen (secondary N) is 1. The number of benzene rings is 1. The molecule has 1 aromatic carbocycles. The molecule has 1 atom stereocenters. The molecule has 0 aliphatic carbocycles. The quantitative estimate of drug-likeness (QED) is 0.820. The van der Waals surface area contributed by atoms with Crippen molar-refractivity contribution < 1.29 is 9.18 Å². The Labute approximate surface area is 116 Å². The highest BCUT2D eigenvalue weighted by atomic mass is 35.5. The topological polar surface area (TPSA) is 29.1 Å². The molecule has 2 nitrogen and oxygen atoms in total. The molecule has 0 heterocycles. The summed E-state index contributed by atoms with van der Waals surface area (Å²) >= 11 is 11.5. The molecule has 0 radical (unpaired) electrons. The zero-order valence-corrected chi connectivity index (χ0v) is 11.9. The number of carbonyl (C=O) groups is 1. The van der Waals surface area contributed by atoms with Gasteiger partial charge in [0.15, 0.2) is 0 Å². The van der Waals surface area contributed by atoms with Gasteiger partial charge in [0.2, 0.25) is 0 Å². The van der Waals surface area contributed by atoms with Gasteiger partial charge < -0.3 is 5.32 Å². The Morgan fingerprint density at radius 2 is 2.11 bits per heavy atom. The number of amides is 1. The minimum absolute atomic E-state index is 0.0920. The molecule has 0 saturated heterocycles. The molecule has 1 N–H and O–H groups in total. The van der Waals surface area contributed by atoms with Gasteiger partial charge in [-0.15, -0.1) is 11.6 Å². The van der Waals surface area contributed by atoms with Gasteiger partial charge in [0, 0.05) is 11.9 Å². The van der Waals surface area contributed by atoms with E-state index >= 15 is 0 Å². The lowest BCUT2D eigenvalue weighted by molar-refractivity contribution is 0.0921. The number of hydrogen-bond acceptors (Lipinski definition) is 1. The van der Waals surface area contributed by atoms with Crippen molar-refractivity contribution >= 4 is 29.1 Å². The van der Waals surface area contributed by atoms with Crippen LogP contribution in [0, 0.1) is 11.7 Å². The summed E-state index contributed by atoms with van der Waals surface area (Å²) < 4.78 is 13.6. The van der Waals surface area contributed by atoms with E-state index in [4.69, 9.17) is 23.2 Å². The molecule has 18 heavy (non-hydrogen) atoms. The second-order valence-corrected chi connectivity index (χ2v) is 5.18. The highest BCUT2D eigenvalue weighted by molar-refractivity contribution is 6.33. The Bertz CT molecular complexity index is 403. The highest BCUT2D eigenvalue weighted by Crippen LogP contribution is 2.19. The van der Waals surface area contributed by atoms with Crippen LogP contribution in [0.3, 0.4) is 0 Å². The molecular weight excluding hydrogens is 276 g/mol. The molecule has 0 bridgehead atoms. The maximum absolute atomic E-state index is 13.6. The van der Waals surface area contributed by atoms with Crippen molar-refractivity contribution in [2.75, 3.05) is 5.88 Å². The second-order valence-electron chi connectivity index (χ2n) is 4.40. The summed E-state index contributed by atoms with van der Waals surface area (Å²) in [4.78, 5) is 12.0. The first-order chi connectivity index (χ1) is 8.47. The molecule has 1 aromatic rings. The SMILES string of the molecule is CC(C)C(CCCl)NC(=O)c1c(F)cccc1Cl. The fourth-order valence-corrected chi connectivity index (χ4v) is 2.13. The Kier molecular flexibility index (Phi) is 5.89. The van der Waals surface area contributed by atoms with E-state index in [0.717, 1.165) is 0 Å². The predicted octanol–water partition coefficient (Wildman–Crippen LogP) is 3.86. The minimum atomic E-state index is -0.617. The van der Waals surface area contributed by atoms with Crippen LogP contribution < -0.4 is 5.32 Å². The van der Waals surface area contributed by atoms with E-state index in [1.807, 2.05) is 13.8 Å². The zero-order chi connectivity index (χ0) is 13.7. The fourth-order valence-electron chi connectivity index (χ4n) is 1.65. The van der Waals surface area contributed by atoms with E-state index in [-0.39, 0.29) is 22.5 Å². The predicted molar refractivity (Wildman–Crippen MR) is 72.8 cm³/mol. The summed E-state index contributed by atoms with van der Waals surface area (Å²) in [6.07, 6.45) is 0.636. The highest BCUT2D eigenvalue weighted by Gasteiger charge is 2.20. The van der Waals surface area contributed by atoms with E-state index < -0.39 is 11.7 Å². The molecule has 0 aliphatic heterocycles. The summed E-state index contributed by atoms with van der Waals surface area (Å²) in [6, 6.07) is 4.08. The monoisotopic (exact) mass is 291 g/mol. The molecule has 1 unspecified atom stereocenters. The van der Waals surface area contributed by atoms with Crippen LogP contribution in [-0.2, 0) is 0 Å². The van der Waals surface area contributed by atoms with Crippen molar-refractivity contribution in [2.45, 2.75) is 26.3 Å². The van der Waals surface area contributed by atoms with Crippen molar-refractivity contribution in [2.24, 2.45) is 5.92 Å². The average Bonchev–Trinajstić information content (AvgIpc) is 2.28. The molecule has 5 heteroatoms. The Hall–Kier alpha value is -0.800. The maximum Gasteiger partial charge on any atom is 0.256 e. The Morgan fingerprint density at radius 1 is 1.44 bits per heavy atom. The molecule has 0 aliphatic rings. The van der Waals surface area contributed by atoms with E-state index in [0.29, 0.717) is 12.3 Å². The molecule has 100 valence electrons. The normalized spacial score (nSPS) is 12.6.